The standard InChI is InChI=1S/C14H13ClFNOS/c1-18-10-5-6-12(17)13(7-10)19-8-9-3-2-4-11(15)14(9)16/h2-7H,8,17H2,1H3. The van der Waals surface area contributed by atoms with Crippen LogP contribution in [0.1, 0.15) is 5.56 Å². The van der Waals surface area contributed by atoms with Crippen LogP contribution in [0.4, 0.5) is 10.1 Å². The Morgan fingerprint density at radius 2 is 2.11 bits per heavy atom. The molecule has 0 fully saturated rings. The summed E-state index contributed by atoms with van der Waals surface area (Å²) in [7, 11) is 1.59. The summed E-state index contributed by atoms with van der Waals surface area (Å²) in [5.74, 6) is 0.811. The van der Waals surface area contributed by atoms with Crippen molar-refractivity contribution in [1.29, 1.82) is 0 Å². The molecule has 0 amide bonds. The summed E-state index contributed by atoms with van der Waals surface area (Å²) in [4.78, 5) is 0.860. The van der Waals surface area contributed by atoms with Crippen LogP contribution in [0.2, 0.25) is 5.02 Å². The van der Waals surface area contributed by atoms with Gasteiger partial charge in [0.25, 0.3) is 0 Å². The van der Waals surface area contributed by atoms with E-state index in [0.717, 1.165) is 10.6 Å². The Morgan fingerprint density at radius 3 is 2.84 bits per heavy atom. The van der Waals surface area contributed by atoms with E-state index < -0.39 is 0 Å². The number of hydrogen-bond acceptors (Lipinski definition) is 3. The van der Waals surface area contributed by atoms with Gasteiger partial charge in [-0.15, -0.1) is 11.8 Å². The molecular weight excluding hydrogens is 285 g/mol. The quantitative estimate of drug-likeness (QED) is 0.672. The minimum atomic E-state index is -0.377. The molecule has 0 spiro atoms. The molecule has 0 heterocycles. The van der Waals surface area contributed by atoms with Crippen LogP contribution in [-0.4, -0.2) is 7.11 Å². The number of nitrogens with two attached hydrogens (primary N) is 1. The third-order valence-corrected chi connectivity index (χ3v) is 4.05. The first-order chi connectivity index (χ1) is 9.11. The number of anilines is 1. The van der Waals surface area contributed by atoms with Crippen molar-refractivity contribution in [3.05, 3.63) is 52.8 Å². The molecule has 19 heavy (non-hydrogen) atoms. The Kier molecular flexibility index (Phi) is 4.56. The van der Waals surface area contributed by atoms with Crippen LogP contribution in [0.5, 0.6) is 5.75 Å². The smallest absolute Gasteiger partial charge is 0.145 e. The fourth-order valence-corrected chi connectivity index (χ4v) is 2.74. The Bertz CT molecular complexity index is 592. The molecular formula is C14H13ClFNOS. The first kappa shape index (κ1) is 14.0. The fourth-order valence-electron chi connectivity index (χ4n) is 1.58. The number of ether oxygens (including phenoxy) is 1. The van der Waals surface area contributed by atoms with Crippen molar-refractivity contribution in [3.8, 4) is 5.75 Å². The Morgan fingerprint density at radius 1 is 1.32 bits per heavy atom. The Hall–Kier alpha value is -1.39. The maximum absolute atomic E-state index is 13.7. The monoisotopic (exact) mass is 297 g/mol. The maximum atomic E-state index is 13.7. The molecule has 5 heteroatoms. The van der Waals surface area contributed by atoms with Gasteiger partial charge in [0.15, 0.2) is 0 Å². The molecule has 0 bridgehead atoms. The molecule has 0 saturated heterocycles. The molecule has 2 aromatic rings. The van der Waals surface area contributed by atoms with Gasteiger partial charge in [-0.25, -0.2) is 4.39 Å². The zero-order valence-corrected chi connectivity index (χ0v) is 11.9. The van der Waals surface area contributed by atoms with E-state index in [2.05, 4.69) is 0 Å². The lowest BCUT2D eigenvalue weighted by molar-refractivity contribution is 0.414. The van der Waals surface area contributed by atoms with Crippen molar-refractivity contribution < 1.29 is 9.13 Å². The molecule has 0 unspecified atom stereocenters. The summed E-state index contributed by atoms with van der Waals surface area (Å²) in [5, 5.41) is 0.136. The lowest BCUT2D eigenvalue weighted by atomic mass is 10.2. The first-order valence-corrected chi connectivity index (χ1v) is 6.97. The van der Waals surface area contributed by atoms with E-state index in [-0.39, 0.29) is 10.8 Å². The molecule has 2 nitrogen and oxygen atoms in total. The second-order valence-corrected chi connectivity index (χ2v) is 5.33. The minimum absolute atomic E-state index is 0.136. The summed E-state index contributed by atoms with van der Waals surface area (Å²) >= 11 is 7.19. The fraction of sp³-hybridized carbons (Fsp3) is 0.143. The van der Waals surface area contributed by atoms with Gasteiger partial charge >= 0.3 is 0 Å². The lowest BCUT2D eigenvalue weighted by Crippen LogP contribution is -1.92. The number of methoxy groups -OCH3 is 1. The van der Waals surface area contributed by atoms with Crippen molar-refractivity contribution in [2.45, 2.75) is 10.6 Å². The number of thioether (sulfide) groups is 1. The van der Waals surface area contributed by atoms with Gasteiger partial charge in [0.05, 0.1) is 12.1 Å². The topological polar surface area (TPSA) is 35.2 Å². The third-order valence-electron chi connectivity index (χ3n) is 2.64. The summed E-state index contributed by atoms with van der Waals surface area (Å²) in [6, 6.07) is 10.4. The molecule has 100 valence electrons. The first-order valence-electron chi connectivity index (χ1n) is 5.61. The highest BCUT2D eigenvalue weighted by Gasteiger charge is 2.08. The van der Waals surface area contributed by atoms with Crippen LogP contribution < -0.4 is 10.5 Å². The average Bonchev–Trinajstić information content (AvgIpc) is 2.42. The second kappa shape index (κ2) is 6.17. The van der Waals surface area contributed by atoms with E-state index in [4.69, 9.17) is 22.1 Å². The predicted molar refractivity (Wildman–Crippen MR) is 78.4 cm³/mol. The molecule has 0 aliphatic carbocycles. The maximum Gasteiger partial charge on any atom is 0.145 e. The summed E-state index contributed by atoms with van der Waals surface area (Å²) < 4.78 is 18.9. The van der Waals surface area contributed by atoms with Gasteiger partial charge in [0.1, 0.15) is 11.6 Å². The second-order valence-electron chi connectivity index (χ2n) is 3.91. The van der Waals surface area contributed by atoms with Gasteiger partial charge in [-0.05, 0) is 29.8 Å². The van der Waals surface area contributed by atoms with Crippen molar-refractivity contribution in [1.82, 2.24) is 0 Å². The van der Waals surface area contributed by atoms with Crippen LogP contribution in [0, 0.1) is 5.82 Å². The van der Waals surface area contributed by atoms with Crippen LogP contribution >= 0.6 is 23.4 Å². The van der Waals surface area contributed by atoms with E-state index in [1.54, 1.807) is 31.4 Å². The van der Waals surface area contributed by atoms with Crippen LogP contribution in [-0.2, 0) is 5.75 Å². The number of nitrogen functional groups attached to an aromatic ring is 1. The van der Waals surface area contributed by atoms with Gasteiger partial charge < -0.3 is 10.5 Å². The van der Waals surface area contributed by atoms with Crippen LogP contribution in [0.15, 0.2) is 41.3 Å². The molecule has 0 aliphatic rings. The molecule has 0 radical (unpaired) electrons. The SMILES string of the molecule is COc1ccc(N)c(SCc2cccc(Cl)c2F)c1. The molecule has 0 aliphatic heterocycles. The largest absolute Gasteiger partial charge is 0.497 e. The van der Waals surface area contributed by atoms with E-state index in [1.165, 1.54) is 17.8 Å². The minimum Gasteiger partial charge on any atom is -0.497 e. The summed E-state index contributed by atoms with van der Waals surface area (Å²) in [6.07, 6.45) is 0. The van der Waals surface area contributed by atoms with E-state index in [1.807, 2.05) is 6.07 Å². The van der Waals surface area contributed by atoms with Gasteiger partial charge in [-0.2, -0.15) is 0 Å². The van der Waals surface area contributed by atoms with E-state index >= 15 is 0 Å². The predicted octanol–water partition coefficient (Wildman–Crippen LogP) is 4.36. The highest BCUT2D eigenvalue weighted by molar-refractivity contribution is 7.98. The lowest BCUT2D eigenvalue weighted by Gasteiger charge is -2.08. The Balaban J connectivity index is 2.16. The number of halogens is 2. The number of rotatable bonds is 4. The van der Waals surface area contributed by atoms with Crippen molar-refractivity contribution >= 4 is 29.1 Å². The van der Waals surface area contributed by atoms with Gasteiger partial charge in [0.2, 0.25) is 0 Å². The number of hydrogen-bond donors (Lipinski definition) is 1. The van der Waals surface area contributed by atoms with Crippen molar-refractivity contribution in [2.75, 3.05) is 12.8 Å². The third kappa shape index (κ3) is 3.33. The van der Waals surface area contributed by atoms with E-state index in [0.29, 0.717) is 17.0 Å². The molecule has 0 saturated carbocycles. The summed E-state index contributed by atoms with van der Waals surface area (Å²) in [5.41, 5.74) is 7.08. The molecule has 2 rings (SSSR count). The van der Waals surface area contributed by atoms with Crippen LogP contribution in [0.25, 0.3) is 0 Å². The molecule has 0 aromatic heterocycles. The molecule has 2 aromatic carbocycles. The van der Waals surface area contributed by atoms with Gasteiger partial charge in [0, 0.05) is 16.3 Å². The Labute approximate surface area is 120 Å². The van der Waals surface area contributed by atoms with Crippen molar-refractivity contribution in [3.63, 3.8) is 0 Å². The normalized spacial score (nSPS) is 10.5. The van der Waals surface area contributed by atoms with Gasteiger partial charge in [-0.3, -0.25) is 0 Å². The molecule has 0 atom stereocenters. The highest BCUT2D eigenvalue weighted by atomic mass is 35.5. The zero-order chi connectivity index (χ0) is 13.8. The number of benzene rings is 2. The van der Waals surface area contributed by atoms with E-state index in [9.17, 15) is 4.39 Å². The zero-order valence-electron chi connectivity index (χ0n) is 10.3. The van der Waals surface area contributed by atoms with Crippen molar-refractivity contribution in [2.24, 2.45) is 0 Å². The summed E-state index contributed by atoms with van der Waals surface area (Å²) in [6.45, 7) is 0. The molecule has 2 N–H and O–H groups in total. The van der Waals surface area contributed by atoms with Gasteiger partial charge in [-0.1, -0.05) is 23.7 Å². The van der Waals surface area contributed by atoms with Crippen LogP contribution in [0.3, 0.4) is 0 Å². The average molecular weight is 298 g/mol. The highest BCUT2D eigenvalue weighted by Crippen LogP contribution is 2.32.